The van der Waals surface area contributed by atoms with Gasteiger partial charge in [-0.15, -0.1) is 0 Å². The fraction of sp³-hybridized carbons (Fsp3) is 0.268. The lowest BCUT2D eigenvalue weighted by Crippen LogP contribution is -2.61. The first kappa shape index (κ1) is 53.9. The second-order valence-corrected chi connectivity index (χ2v) is 29.5. The molecular formula is C82H79BN4. The molecule has 0 spiro atoms. The highest BCUT2D eigenvalue weighted by atomic mass is 15.3. The highest BCUT2D eigenvalue weighted by Crippen LogP contribution is 2.63. The second-order valence-electron chi connectivity index (χ2n) is 29.5. The van der Waals surface area contributed by atoms with Crippen LogP contribution in [0.15, 0.2) is 218 Å². The Bertz CT molecular complexity index is 4350. The van der Waals surface area contributed by atoms with Crippen LogP contribution in [0.1, 0.15) is 121 Å². The van der Waals surface area contributed by atoms with E-state index < -0.39 is 0 Å². The fourth-order valence-electron chi connectivity index (χ4n) is 17.1. The third-order valence-corrected chi connectivity index (χ3v) is 21.4. The van der Waals surface area contributed by atoms with Gasteiger partial charge >= 0.3 is 0 Å². The maximum Gasteiger partial charge on any atom is 0.252 e. The van der Waals surface area contributed by atoms with Gasteiger partial charge in [0.1, 0.15) is 0 Å². The summed E-state index contributed by atoms with van der Waals surface area (Å²) in [4.78, 5) is 10.8. The molecule has 0 saturated heterocycles. The van der Waals surface area contributed by atoms with Crippen LogP contribution in [0.25, 0.3) is 22.3 Å². The molecule has 2 unspecified atom stereocenters. The lowest BCUT2D eigenvalue weighted by molar-refractivity contribution is 0.195. The van der Waals surface area contributed by atoms with E-state index in [0.717, 1.165) is 49.9 Å². The van der Waals surface area contributed by atoms with E-state index in [1.807, 2.05) is 0 Å². The molecule has 6 aliphatic rings. The number of anilines is 11. The van der Waals surface area contributed by atoms with E-state index in [-0.39, 0.29) is 33.9 Å². The van der Waals surface area contributed by atoms with Gasteiger partial charge in [-0.2, -0.15) is 0 Å². The van der Waals surface area contributed by atoms with Crippen molar-refractivity contribution < 1.29 is 0 Å². The quantitative estimate of drug-likeness (QED) is 0.141. The molecule has 3 aliphatic heterocycles. The summed E-state index contributed by atoms with van der Waals surface area (Å²) in [6.45, 7) is 22.1. The van der Waals surface area contributed by atoms with E-state index in [2.05, 4.69) is 300 Å². The van der Waals surface area contributed by atoms with E-state index in [1.165, 1.54) is 136 Å². The first-order chi connectivity index (χ1) is 41.9. The Hall–Kier alpha value is -8.54. The van der Waals surface area contributed by atoms with Crippen LogP contribution >= 0.6 is 0 Å². The first-order valence-corrected chi connectivity index (χ1v) is 32.2. The van der Waals surface area contributed by atoms with E-state index in [4.69, 9.17) is 0 Å². The minimum absolute atomic E-state index is 0.0336. The van der Waals surface area contributed by atoms with Crippen molar-refractivity contribution in [3.8, 4) is 22.3 Å². The van der Waals surface area contributed by atoms with Gasteiger partial charge in [0.2, 0.25) is 0 Å². The number of hydrogen-bond donors (Lipinski definition) is 0. The molecule has 5 heteroatoms. The van der Waals surface area contributed by atoms with Crippen molar-refractivity contribution in [2.45, 2.75) is 130 Å². The van der Waals surface area contributed by atoms with Crippen molar-refractivity contribution >= 4 is 85.7 Å². The third-order valence-electron chi connectivity index (χ3n) is 21.4. The average molecular weight is 1130 g/mol. The minimum Gasteiger partial charge on any atom is -0.334 e. The van der Waals surface area contributed by atoms with Crippen LogP contribution in [0.5, 0.6) is 0 Å². The summed E-state index contributed by atoms with van der Waals surface area (Å²) in [5.41, 5.74) is 31.2. The molecular weight excluding hydrogens is 1050 g/mol. The molecule has 0 N–H and O–H groups in total. The zero-order valence-corrected chi connectivity index (χ0v) is 52.3. The predicted octanol–water partition coefficient (Wildman–Crippen LogP) is 19.9. The Labute approximate surface area is 517 Å². The lowest BCUT2D eigenvalue weighted by Gasteiger charge is -2.51. The summed E-state index contributed by atoms with van der Waals surface area (Å²) in [7, 11) is 0. The maximum absolute atomic E-state index is 2.85. The number of para-hydroxylation sites is 2. The summed E-state index contributed by atoms with van der Waals surface area (Å²) < 4.78 is 0. The van der Waals surface area contributed by atoms with E-state index in [9.17, 15) is 0 Å². The average Bonchev–Trinajstić information content (AvgIpc) is 1.69. The third kappa shape index (κ3) is 8.53. The molecule has 0 amide bonds. The van der Waals surface area contributed by atoms with Crippen molar-refractivity contribution in [2.24, 2.45) is 10.8 Å². The summed E-state index contributed by atoms with van der Waals surface area (Å²) in [6.07, 6.45) is 8.89. The van der Waals surface area contributed by atoms with Gasteiger partial charge in [0.05, 0.1) is 11.2 Å². The number of rotatable bonds is 8. The standard InChI is InChI=1S/C82H79BN4/c1-78(2,3)61-34-38-71(67(46-61)55-26-16-11-17-27-55)86-73-44-56(54-24-14-10-15-25-54)33-37-69(73)83-70-43-59-52-80(6,7)53-60(59)45-74(70)85(64-35-32-57-50-79(4,5)51-58(57)42-64)75-48-66(49-76(86)77(75)83)87-72-39-36-65(47-68(72)81(8)40-22-23-41-82(81,87)9)84(62-28-18-12-19-29-62)63-30-20-13-21-31-63/h10-21,24-39,42-49H,22-23,40-41,50-53H2,1-9H3. The van der Waals surface area contributed by atoms with Gasteiger partial charge in [0, 0.05) is 67.9 Å². The summed E-state index contributed by atoms with van der Waals surface area (Å²) in [5.74, 6) is 0. The highest BCUT2D eigenvalue weighted by Gasteiger charge is 2.58. The Morgan fingerprint density at radius 3 is 1.64 bits per heavy atom. The van der Waals surface area contributed by atoms with E-state index in [0.29, 0.717) is 0 Å². The molecule has 0 aromatic heterocycles. The van der Waals surface area contributed by atoms with Crippen LogP contribution in [-0.4, -0.2) is 12.3 Å². The Balaban J connectivity index is 1.02. The molecule has 1 saturated carbocycles. The second kappa shape index (κ2) is 19.5. The molecule has 0 bridgehead atoms. The number of hydrogen-bond acceptors (Lipinski definition) is 4. The first-order valence-electron chi connectivity index (χ1n) is 32.2. The summed E-state index contributed by atoms with van der Waals surface area (Å²) in [5, 5.41) is 0. The van der Waals surface area contributed by atoms with Crippen LogP contribution in [0.2, 0.25) is 0 Å². The van der Waals surface area contributed by atoms with Gasteiger partial charge < -0.3 is 19.6 Å². The van der Waals surface area contributed by atoms with E-state index >= 15 is 0 Å². The Morgan fingerprint density at radius 2 is 0.977 bits per heavy atom. The number of nitrogens with zero attached hydrogens (tertiary/aromatic N) is 4. The molecule has 10 aromatic rings. The van der Waals surface area contributed by atoms with Gasteiger partial charge in [0.25, 0.3) is 6.71 Å². The van der Waals surface area contributed by atoms with Gasteiger partial charge in [0.15, 0.2) is 0 Å². The van der Waals surface area contributed by atoms with Crippen molar-refractivity contribution in [1.29, 1.82) is 0 Å². The number of benzene rings is 10. The van der Waals surface area contributed by atoms with Crippen LogP contribution in [0, 0.1) is 10.8 Å². The molecule has 3 aliphatic carbocycles. The lowest BCUT2D eigenvalue weighted by atomic mass is 9.33. The molecule has 1 fully saturated rings. The zero-order valence-electron chi connectivity index (χ0n) is 52.3. The normalized spacial score (nSPS) is 19.8. The molecule has 10 aromatic carbocycles. The molecule has 430 valence electrons. The molecule has 3 heterocycles. The van der Waals surface area contributed by atoms with Crippen molar-refractivity contribution in [3.63, 3.8) is 0 Å². The number of fused-ring (bicyclic) bond motifs is 9. The predicted molar refractivity (Wildman–Crippen MR) is 370 cm³/mol. The van der Waals surface area contributed by atoms with E-state index in [1.54, 1.807) is 0 Å². The van der Waals surface area contributed by atoms with Crippen LogP contribution in [-0.2, 0) is 36.5 Å². The molecule has 2 atom stereocenters. The van der Waals surface area contributed by atoms with Crippen molar-refractivity contribution in [1.82, 2.24) is 0 Å². The van der Waals surface area contributed by atoms with Gasteiger partial charge in [-0.25, -0.2) is 0 Å². The topological polar surface area (TPSA) is 13.0 Å². The van der Waals surface area contributed by atoms with Crippen molar-refractivity contribution in [2.75, 3.05) is 19.6 Å². The Kier molecular flexibility index (Phi) is 12.1. The van der Waals surface area contributed by atoms with Crippen LogP contribution in [0.4, 0.5) is 62.6 Å². The largest absolute Gasteiger partial charge is 0.334 e. The molecule has 4 nitrogen and oxygen atoms in total. The SMILES string of the molecule is CC1(C)Cc2ccc(N3c4cc5c(cc4B4c6ccc(-c7ccccc7)cc6N(c6ccc(C(C)(C)C)cc6-c6ccccc6)c6cc(N7c8ccc(N(c9ccccc9)c9ccccc9)cc8C8(C)CCCCC78C)cc3c64)CC(C)(C)C5)cc2C1. The van der Waals surface area contributed by atoms with Gasteiger partial charge in [-0.3, -0.25) is 0 Å². The maximum atomic E-state index is 2.85. The summed E-state index contributed by atoms with van der Waals surface area (Å²) >= 11 is 0. The molecule has 0 radical (unpaired) electrons. The van der Waals surface area contributed by atoms with Crippen LogP contribution < -0.4 is 36.0 Å². The monoisotopic (exact) mass is 1130 g/mol. The van der Waals surface area contributed by atoms with Crippen molar-refractivity contribution in [3.05, 3.63) is 252 Å². The van der Waals surface area contributed by atoms with Gasteiger partial charge in [-0.05, 0) is 219 Å². The Morgan fingerprint density at radius 1 is 0.402 bits per heavy atom. The highest BCUT2D eigenvalue weighted by molar-refractivity contribution is 7.00. The molecule has 16 rings (SSSR count). The fourth-order valence-corrected chi connectivity index (χ4v) is 17.1. The summed E-state index contributed by atoms with van der Waals surface area (Å²) in [6, 6.07) is 84.7. The minimum atomic E-state index is -0.249. The smallest absolute Gasteiger partial charge is 0.252 e. The molecule has 87 heavy (non-hydrogen) atoms. The zero-order chi connectivity index (χ0) is 59.4. The van der Waals surface area contributed by atoms with Crippen LogP contribution in [0.3, 0.4) is 0 Å². The van der Waals surface area contributed by atoms with Gasteiger partial charge in [-0.1, -0.05) is 196 Å².